The molecule has 0 fully saturated rings. The molecule has 6 heteroatoms. The van der Waals surface area contributed by atoms with Crippen LogP contribution in [-0.2, 0) is 0 Å². The number of hydrogen-bond acceptors (Lipinski definition) is 4. The van der Waals surface area contributed by atoms with Gasteiger partial charge in [-0.2, -0.15) is 0 Å². The van der Waals surface area contributed by atoms with E-state index in [1.165, 1.54) is 23.4 Å². The Bertz CT molecular complexity index is 648. The number of rotatable bonds is 2. The Labute approximate surface area is 103 Å². The second kappa shape index (κ2) is 4.50. The molecule has 1 aromatic carbocycles. The lowest BCUT2D eigenvalue weighted by molar-refractivity contribution is 0.184. The molecule has 2 aromatic rings. The third-order valence-electron chi connectivity index (χ3n) is 2.47. The van der Waals surface area contributed by atoms with Crippen LogP contribution in [0.1, 0.15) is 0 Å². The Balaban J connectivity index is 2.62. The maximum Gasteiger partial charge on any atom is 0.426 e. The maximum atomic E-state index is 11.7. The fraction of sp³-hybridized carbons (Fsp3) is 0.167. The Morgan fingerprint density at radius 1 is 1.28 bits per heavy atom. The average Bonchev–Trinajstić information content (AvgIpc) is 2.29. The van der Waals surface area contributed by atoms with Gasteiger partial charge in [-0.25, -0.2) is 14.8 Å². The van der Waals surface area contributed by atoms with Gasteiger partial charge in [0, 0.05) is 20.2 Å². The van der Waals surface area contributed by atoms with Crippen LogP contribution in [0.15, 0.2) is 39.7 Å². The molecule has 18 heavy (non-hydrogen) atoms. The van der Waals surface area contributed by atoms with E-state index in [0.717, 1.165) is 5.01 Å². The van der Waals surface area contributed by atoms with Crippen molar-refractivity contribution in [2.45, 2.75) is 0 Å². The molecule has 1 amide bonds. The van der Waals surface area contributed by atoms with Gasteiger partial charge in [0.2, 0.25) is 0 Å². The predicted molar refractivity (Wildman–Crippen MR) is 66.7 cm³/mol. The highest BCUT2D eigenvalue weighted by atomic mass is 16.4. The third-order valence-corrected chi connectivity index (χ3v) is 2.47. The summed E-state index contributed by atoms with van der Waals surface area (Å²) in [7, 11) is 3.21. The number of fused-ring (bicyclic) bond motifs is 1. The number of carbonyl (C=O) groups is 1. The van der Waals surface area contributed by atoms with Crippen molar-refractivity contribution < 1.29 is 14.3 Å². The van der Waals surface area contributed by atoms with E-state index in [-0.39, 0.29) is 5.43 Å². The second-order valence-corrected chi connectivity index (χ2v) is 3.91. The van der Waals surface area contributed by atoms with Gasteiger partial charge in [-0.3, -0.25) is 4.79 Å². The average molecular weight is 248 g/mol. The van der Waals surface area contributed by atoms with Gasteiger partial charge in [-0.15, -0.1) is 0 Å². The normalized spacial score (nSPS) is 10.8. The summed E-state index contributed by atoms with van der Waals surface area (Å²) in [4.78, 5) is 22.8. The zero-order chi connectivity index (χ0) is 13.3. The van der Waals surface area contributed by atoms with Crippen molar-refractivity contribution >= 4 is 22.7 Å². The molecule has 1 N–H and O–H groups in total. The molecular formula is C12H12N2O4. The molecule has 0 aliphatic heterocycles. The third kappa shape index (κ3) is 2.05. The van der Waals surface area contributed by atoms with Crippen LogP contribution in [0.25, 0.3) is 11.0 Å². The highest BCUT2D eigenvalue weighted by Crippen LogP contribution is 2.20. The fourth-order valence-corrected chi connectivity index (χ4v) is 1.72. The molecule has 0 unspecified atom stereocenters. The van der Waals surface area contributed by atoms with E-state index < -0.39 is 6.09 Å². The summed E-state index contributed by atoms with van der Waals surface area (Å²) in [6, 6.07) is 5.95. The first-order valence-corrected chi connectivity index (χ1v) is 5.22. The minimum Gasteiger partial charge on any atom is -0.464 e. The first-order chi connectivity index (χ1) is 8.50. The summed E-state index contributed by atoms with van der Waals surface area (Å²) in [5.74, 6) is 0. The lowest BCUT2D eigenvalue weighted by Crippen LogP contribution is -2.41. The van der Waals surface area contributed by atoms with Gasteiger partial charge in [0.25, 0.3) is 0 Å². The predicted octanol–water partition coefficient (Wildman–Crippen LogP) is 1.75. The van der Waals surface area contributed by atoms with Crippen molar-refractivity contribution in [3.05, 3.63) is 40.8 Å². The van der Waals surface area contributed by atoms with Gasteiger partial charge < -0.3 is 9.52 Å². The van der Waals surface area contributed by atoms with Crippen LogP contribution in [-0.4, -0.2) is 30.3 Å². The van der Waals surface area contributed by atoms with E-state index in [1.54, 1.807) is 26.2 Å². The fourth-order valence-electron chi connectivity index (χ4n) is 1.72. The van der Waals surface area contributed by atoms with Gasteiger partial charge in [-0.1, -0.05) is 0 Å². The summed E-state index contributed by atoms with van der Waals surface area (Å²) in [6.07, 6.45) is 0.185. The molecule has 1 heterocycles. The SMILES string of the molecule is CN(C)N(C(=O)O)c1ccc2occc(=O)c2c1. The Hall–Kier alpha value is -2.34. The van der Waals surface area contributed by atoms with E-state index in [0.29, 0.717) is 16.7 Å². The van der Waals surface area contributed by atoms with Crippen molar-refractivity contribution in [2.24, 2.45) is 0 Å². The van der Waals surface area contributed by atoms with Crippen molar-refractivity contribution in [3.63, 3.8) is 0 Å². The molecule has 0 spiro atoms. The van der Waals surface area contributed by atoms with E-state index >= 15 is 0 Å². The van der Waals surface area contributed by atoms with Gasteiger partial charge in [0.15, 0.2) is 5.43 Å². The number of hydrazine groups is 1. The molecule has 0 bridgehead atoms. The van der Waals surface area contributed by atoms with Crippen molar-refractivity contribution in [3.8, 4) is 0 Å². The van der Waals surface area contributed by atoms with Crippen molar-refractivity contribution in [1.82, 2.24) is 5.01 Å². The lowest BCUT2D eigenvalue weighted by Gasteiger charge is -2.25. The first-order valence-electron chi connectivity index (χ1n) is 5.22. The standard InChI is InChI=1S/C12H12N2O4/c1-13(2)14(12(16)17)8-3-4-11-9(7-8)10(15)5-6-18-11/h3-7H,1-2H3,(H,16,17). The van der Waals surface area contributed by atoms with E-state index in [9.17, 15) is 9.59 Å². The number of nitrogens with zero attached hydrogens (tertiary/aromatic N) is 2. The largest absolute Gasteiger partial charge is 0.464 e. The van der Waals surface area contributed by atoms with Crippen LogP contribution in [0, 0.1) is 0 Å². The minimum atomic E-state index is -1.13. The topological polar surface area (TPSA) is 74.0 Å². The Morgan fingerprint density at radius 3 is 2.61 bits per heavy atom. The van der Waals surface area contributed by atoms with Crippen LogP contribution in [0.5, 0.6) is 0 Å². The zero-order valence-corrected chi connectivity index (χ0v) is 9.95. The van der Waals surface area contributed by atoms with E-state index in [2.05, 4.69) is 0 Å². The highest BCUT2D eigenvalue weighted by molar-refractivity contribution is 5.89. The molecule has 6 nitrogen and oxygen atoms in total. The summed E-state index contributed by atoms with van der Waals surface area (Å²) in [5, 5.41) is 11.9. The molecule has 0 aliphatic carbocycles. The molecular weight excluding hydrogens is 236 g/mol. The maximum absolute atomic E-state index is 11.7. The molecule has 0 radical (unpaired) electrons. The van der Waals surface area contributed by atoms with Crippen LogP contribution in [0.2, 0.25) is 0 Å². The number of carboxylic acid groups (broad SMARTS) is 1. The molecule has 2 rings (SSSR count). The van der Waals surface area contributed by atoms with Crippen LogP contribution in [0.3, 0.4) is 0 Å². The van der Waals surface area contributed by atoms with Crippen LogP contribution < -0.4 is 10.4 Å². The van der Waals surface area contributed by atoms with Gasteiger partial charge >= 0.3 is 6.09 Å². The molecule has 1 aromatic heterocycles. The monoisotopic (exact) mass is 248 g/mol. The lowest BCUT2D eigenvalue weighted by atomic mass is 10.2. The van der Waals surface area contributed by atoms with Crippen molar-refractivity contribution in [2.75, 3.05) is 19.1 Å². The number of amides is 1. The van der Waals surface area contributed by atoms with Crippen molar-refractivity contribution in [1.29, 1.82) is 0 Å². The zero-order valence-electron chi connectivity index (χ0n) is 9.95. The van der Waals surface area contributed by atoms with E-state index in [1.807, 2.05) is 0 Å². The summed E-state index contributed by atoms with van der Waals surface area (Å²) in [5.41, 5.74) is 0.607. The smallest absolute Gasteiger partial charge is 0.426 e. The highest BCUT2D eigenvalue weighted by Gasteiger charge is 2.17. The van der Waals surface area contributed by atoms with Gasteiger partial charge in [0.05, 0.1) is 17.3 Å². The second-order valence-electron chi connectivity index (χ2n) is 3.91. The molecule has 0 aliphatic rings. The summed E-state index contributed by atoms with van der Waals surface area (Å²) >= 11 is 0. The van der Waals surface area contributed by atoms with Gasteiger partial charge in [0.1, 0.15) is 5.58 Å². The number of benzene rings is 1. The molecule has 0 saturated carbocycles. The molecule has 94 valence electrons. The number of anilines is 1. The van der Waals surface area contributed by atoms with Crippen LogP contribution in [0.4, 0.5) is 10.5 Å². The minimum absolute atomic E-state index is 0.206. The summed E-state index contributed by atoms with van der Waals surface area (Å²) < 4.78 is 5.17. The first kappa shape index (κ1) is 12.1. The quantitative estimate of drug-likeness (QED) is 0.819. The Kier molecular flexibility index (Phi) is 3.03. The van der Waals surface area contributed by atoms with Crippen LogP contribution >= 0.6 is 0 Å². The number of hydrogen-bond donors (Lipinski definition) is 1. The Morgan fingerprint density at radius 2 is 2.00 bits per heavy atom. The molecule has 0 saturated heterocycles. The summed E-state index contributed by atoms with van der Waals surface area (Å²) in [6.45, 7) is 0. The van der Waals surface area contributed by atoms with E-state index in [4.69, 9.17) is 9.52 Å². The molecule has 0 atom stereocenters. The van der Waals surface area contributed by atoms with Gasteiger partial charge in [-0.05, 0) is 18.2 Å².